The Morgan fingerprint density at radius 1 is 1.54 bits per heavy atom. The maximum atomic E-state index is 4.29. The summed E-state index contributed by atoms with van der Waals surface area (Å²) in [5.41, 5.74) is 4.38. The van der Waals surface area contributed by atoms with E-state index in [1.807, 2.05) is 19.4 Å². The first kappa shape index (κ1) is 8.70. The molecule has 1 unspecified atom stereocenters. The number of pyridine rings is 1. The fourth-order valence-electron chi connectivity index (χ4n) is 2.20. The van der Waals surface area contributed by atoms with Crippen molar-refractivity contribution in [3.05, 3.63) is 29.1 Å². The second-order valence-electron chi connectivity index (χ2n) is 3.60. The molecule has 1 heterocycles. The minimum absolute atomic E-state index is 0.536. The smallest absolute Gasteiger partial charge is 0.0338 e. The lowest BCUT2D eigenvalue weighted by atomic mass is 10.0. The van der Waals surface area contributed by atoms with E-state index in [9.17, 15) is 0 Å². The van der Waals surface area contributed by atoms with Gasteiger partial charge in [0.25, 0.3) is 0 Å². The third-order valence-electron chi connectivity index (χ3n) is 2.97. The average molecular weight is 176 g/mol. The van der Waals surface area contributed by atoms with E-state index in [4.69, 9.17) is 0 Å². The third-order valence-corrected chi connectivity index (χ3v) is 2.97. The predicted octanol–water partition coefficient (Wildman–Crippen LogP) is 1.85. The lowest BCUT2D eigenvalue weighted by molar-refractivity contribution is 0.589. The zero-order valence-electron chi connectivity index (χ0n) is 8.30. The number of hydrogen-bond donors (Lipinski definition) is 1. The Kier molecular flexibility index (Phi) is 2.32. The molecule has 1 N–H and O–H groups in total. The van der Waals surface area contributed by atoms with Crippen molar-refractivity contribution in [1.82, 2.24) is 10.3 Å². The van der Waals surface area contributed by atoms with Crippen molar-refractivity contribution in [1.29, 1.82) is 0 Å². The Labute approximate surface area is 79.4 Å². The van der Waals surface area contributed by atoms with Gasteiger partial charge in [0, 0.05) is 18.4 Å². The van der Waals surface area contributed by atoms with E-state index in [2.05, 4.69) is 17.2 Å². The molecule has 1 aliphatic rings. The highest BCUT2D eigenvalue weighted by molar-refractivity contribution is 5.38. The SMILES string of the molecule is CCc1cncc2c1CCC2NC. The fraction of sp³-hybridized carbons (Fsp3) is 0.545. The van der Waals surface area contributed by atoms with Crippen molar-refractivity contribution in [2.45, 2.75) is 32.2 Å². The summed E-state index contributed by atoms with van der Waals surface area (Å²) >= 11 is 0. The summed E-state index contributed by atoms with van der Waals surface area (Å²) in [4.78, 5) is 4.29. The van der Waals surface area contributed by atoms with Crippen LogP contribution in [0.3, 0.4) is 0 Å². The summed E-state index contributed by atoms with van der Waals surface area (Å²) in [6, 6.07) is 0.536. The van der Waals surface area contributed by atoms with Gasteiger partial charge in [0.15, 0.2) is 0 Å². The van der Waals surface area contributed by atoms with Gasteiger partial charge in [-0.25, -0.2) is 0 Å². The van der Waals surface area contributed by atoms with Crippen LogP contribution in [0.25, 0.3) is 0 Å². The molecule has 0 saturated carbocycles. The van der Waals surface area contributed by atoms with E-state index in [0.717, 1.165) is 6.42 Å². The molecule has 0 aliphatic heterocycles. The van der Waals surface area contributed by atoms with Gasteiger partial charge >= 0.3 is 0 Å². The molecular weight excluding hydrogens is 160 g/mol. The summed E-state index contributed by atoms with van der Waals surface area (Å²) in [7, 11) is 2.03. The van der Waals surface area contributed by atoms with Crippen molar-refractivity contribution in [3.8, 4) is 0 Å². The number of aryl methyl sites for hydroxylation is 1. The van der Waals surface area contributed by atoms with Crippen LogP contribution in [0.4, 0.5) is 0 Å². The first-order valence-corrected chi connectivity index (χ1v) is 4.99. The molecule has 0 fully saturated rings. The molecule has 2 nitrogen and oxygen atoms in total. The first-order chi connectivity index (χ1) is 6.36. The zero-order valence-corrected chi connectivity index (χ0v) is 8.30. The van der Waals surface area contributed by atoms with E-state index in [1.54, 1.807) is 0 Å². The molecule has 0 radical (unpaired) electrons. The number of aromatic nitrogens is 1. The number of fused-ring (bicyclic) bond motifs is 1. The fourth-order valence-corrected chi connectivity index (χ4v) is 2.20. The van der Waals surface area contributed by atoms with Crippen molar-refractivity contribution in [3.63, 3.8) is 0 Å². The van der Waals surface area contributed by atoms with Crippen LogP contribution in [-0.4, -0.2) is 12.0 Å². The summed E-state index contributed by atoms with van der Waals surface area (Å²) in [6.07, 6.45) is 7.57. The van der Waals surface area contributed by atoms with Gasteiger partial charge in [-0.3, -0.25) is 4.98 Å². The molecule has 1 aromatic rings. The van der Waals surface area contributed by atoms with E-state index in [1.165, 1.54) is 29.5 Å². The highest BCUT2D eigenvalue weighted by atomic mass is 14.9. The lowest BCUT2D eigenvalue weighted by Gasteiger charge is -2.10. The molecular formula is C11H16N2. The van der Waals surface area contributed by atoms with Gasteiger partial charge in [-0.05, 0) is 43.0 Å². The highest BCUT2D eigenvalue weighted by Gasteiger charge is 2.22. The van der Waals surface area contributed by atoms with E-state index < -0.39 is 0 Å². The Balaban J connectivity index is 2.43. The lowest BCUT2D eigenvalue weighted by Crippen LogP contribution is -2.13. The first-order valence-electron chi connectivity index (χ1n) is 4.99. The van der Waals surface area contributed by atoms with Crippen molar-refractivity contribution >= 4 is 0 Å². The number of rotatable bonds is 2. The second-order valence-corrected chi connectivity index (χ2v) is 3.60. The van der Waals surface area contributed by atoms with Gasteiger partial charge in [0.2, 0.25) is 0 Å². The topological polar surface area (TPSA) is 24.9 Å². The normalized spacial score (nSPS) is 20.3. The molecule has 13 heavy (non-hydrogen) atoms. The van der Waals surface area contributed by atoms with Gasteiger partial charge < -0.3 is 5.32 Å². The van der Waals surface area contributed by atoms with Crippen LogP contribution in [-0.2, 0) is 12.8 Å². The summed E-state index contributed by atoms with van der Waals surface area (Å²) in [5.74, 6) is 0. The summed E-state index contributed by atoms with van der Waals surface area (Å²) < 4.78 is 0. The molecule has 0 aromatic carbocycles. The van der Waals surface area contributed by atoms with Crippen molar-refractivity contribution in [2.24, 2.45) is 0 Å². The van der Waals surface area contributed by atoms with Gasteiger partial charge in [-0.1, -0.05) is 6.92 Å². The van der Waals surface area contributed by atoms with Crippen molar-refractivity contribution in [2.75, 3.05) is 7.05 Å². The molecule has 0 spiro atoms. The number of hydrogen-bond acceptors (Lipinski definition) is 2. The zero-order chi connectivity index (χ0) is 9.26. The summed E-state index contributed by atoms with van der Waals surface area (Å²) in [5, 5.41) is 3.33. The Morgan fingerprint density at radius 2 is 2.38 bits per heavy atom. The molecule has 70 valence electrons. The van der Waals surface area contributed by atoms with Gasteiger partial charge in [-0.2, -0.15) is 0 Å². The Bertz CT molecular complexity index is 307. The van der Waals surface area contributed by atoms with Gasteiger partial charge in [-0.15, -0.1) is 0 Å². The van der Waals surface area contributed by atoms with E-state index in [0.29, 0.717) is 6.04 Å². The minimum Gasteiger partial charge on any atom is -0.313 e. The van der Waals surface area contributed by atoms with E-state index in [-0.39, 0.29) is 0 Å². The monoisotopic (exact) mass is 176 g/mol. The summed E-state index contributed by atoms with van der Waals surface area (Å²) in [6.45, 7) is 2.20. The molecule has 0 bridgehead atoms. The molecule has 0 amide bonds. The van der Waals surface area contributed by atoms with Gasteiger partial charge in [0.05, 0.1) is 0 Å². The molecule has 0 saturated heterocycles. The Morgan fingerprint density at radius 3 is 3.08 bits per heavy atom. The van der Waals surface area contributed by atoms with Crippen LogP contribution in [0.1, 0.15) is 36.1 Å². The van der Waals surface area contributed by atoms with Crippen LogP contribution in [0.5, 0.6) is 0 Å². The maximum absolute atomic E-state index is 4.29. The van der Waals surface area contributed by atoms with Gasteiger partial charge in [0.1, 0.15) is 0 Å². The molecule has 2 heteroatoms. The highest BCUT2D eigenvalue weighted by Crippen LogP contribution is 2.32. The quantitative estimate of drug-likeness (QED) is 0.744. The average Bonchev–Trinajstić information content (AvgIpc) is 2.60. The second kappa shape index (κ2) is 3.46. The minimum atomic E-state index is 0.536. The van der Waals surface area contributed by atoms with Crippen LogP contribution in [0, 0.1) is 0 Å². The molecule has 2 rings (SSSR count). The standard InChI is InChI=1S/C11H16N2/c1-3-8-6-13-7-10-9(8)4-5-11(10)12-2/h6-7,11-12H,3-5H2,1-2H3. The van der Waals surface area contributed by atoms with Crippen LogP contribution >= 0.6 is 0 Å². The molecule has 1 aliphatic carbocycles. The predicted molar refractivity (Wildman–Crippen MR) is 53.7 cm³/mol. The van der Waals surface area contributed by atoms with Crippen molar-refractivity contribution < 1.29 is 0 Å². The van der Waals surface area contributed by atoms with Crippen LogP contribution < -0.4 is 5.32 Å². The number of nitrogens with zero attached hydrogens (tertiary/aromatic N) is 1. The van der Waals surface area contributed by atoms with Crippen LogP contribution in [0.15, 0.2) is 12.4 Å². The molecule has 1 atom stereocenters. The molecule has 1 aromatic heterocycles. The number of nitrogens with one attached hydrogen (secondary N) is 1. The largest absolute Gasteiger partial charge is 0.313 e. The van der Waals surface area contributed by atoms with Crippen LogP contribution in [0.2, 0.25) is 0 Å². The Hall–Kier alpha value is -0.890. The maximum Gasteiger partial charge on any atom is 0.0338 e. The third kappa shape index (κ3) is 1.35. The van der Waals surface area contributed by atoms with E-state index >= 15 is 0 Å².